The molecule has 0 unspecified atom stereocenters. The molecule has 2 heteroatoms. The van der Waals surface area contributed by atoms with Crippen LogP contribution in [0.4, 0.5) is 0 Å². The Morgan fingerprint density at radius 1 is 1.21 bits per heavy atom. The fourth-order valence-corrected chi connectivity index (χ4v) is 5.19. The van der Waals surface area contributed by atoms with Gasteiger partial charge in [0.15, 0.2) is 0 Å². The molecule has 2 aliphatic rings. The van der Waals surface area contributed by atoms with Crippen LogP contribution in [0.25, 0.3) is 0 Å². The number of hydrogen-bond donors (Lipinski definition) is 1. The first-order valence-electron chi connectivity index (χ1n) is 7.72. The molecule has 2 fully saturated rings. The Morgan fingerprint density at radius 2 is 1.89 bits per heavy atom. The summed E-state index contributed by atoms with van der Waals surface area (Å²) in [6, 6.07) is 4.58. The van der Waals surface area contributed by atoms with Crippen LogP contribution < -0.4 is 5.32 Å². The summed E-state index contributed by atoms with van der Waals surface area (Å²) in [6.07, 6.45) is 8.74. The van der Waals surface area contributed by atoms with E-state index in [4.69, 9.17) is 0 Å². The lowest BCUT2D eigenvalue weighted by atomic mass is 9.51. The number of hydrogen-bond acceptors (Lipinski definition) is 2. The Morgan fingerprint density at radius 3 is 2.42 bits per heavy atom. The highest BCUT2D eigenvalue weighted by molar-refractivity contribution is 7.10. The maximum Gasteiger partial charge on any atom is 0.0182 e. The third kappa shape index (κ3) is 2.62. The van der Waals surface area contributed by atoms with Gasteiger partial charge in [-0.3, -0.25) is 0 Å². The first-order chi connectivity index (χ1) is 8.93. The van der Waals surface area contributed by atoms with E-state index in [1.165, 1.54) is 38.5 Å². The lowest BCUT2D eigenvalue weighted by molar-refractivity contribution is 0.0254. The molecule has 1 aromatic heterocycles. The molecule has 1 aromatic rings. The number of thiophene rings is 1. The van der Waals surface area contributed by atoms with Crippen molar-refractivity contribution in [3.63, 3.8) is 0 Å². The van der Waals surface area contributed by atoms with Gasteiger partial charge in [0, 0.05) is 22.4 Å². The van der Waals surface area contributed by atoms with Crippen LogP contribution in [0.3, 0.4) is 0 Å². The zero-order chi connectivity index (χ0) is 13.6. The van der Waals surface area contributed by atoms with Crippen LogP contribution in [0.1, 0.15) is 64.2 Å². The van der Waals surface area contributed by atoms with Crippen molar-refractivity contribution < 1.29 is 0 Å². The zero-order valence-electron chi connectivity index (χ0n) is 12.6. The molecule has 0 bridgehead atoms. The molecule has 1 nitrogen and oxygen atoms in total. The normalized spacial score (nSPS) is 24.6. The maximum atomic E-state index is 3.77. The Hall–Kier alpha value is -0.340. The van der Waals surface area contributed by atoms with Gasteiger partial charge < -0.3 is 5.32 Å². The van der Waals surface area contributed by atoms with E-state index in [1.54, 1.807) is 4.88 Å². The molecule has 0 atom stereocenters. The van der Waals surface area contributed by atoms with Gasteiger partial charge in [0.25, 0.3) is 0 Å². The molecule has 0 aromatic carbocycles. The first kappa shape index (κ1) is 13.6. The number of nitrogens with one attached hydrogen (secondary N) is 1. The minimum atomic E-state index is 0.225. The highest BCUT2D eigenvalue weighted by atomic mass is 32.1. The van der Waals surface area contributed by atoms with E-state index in [1.807, 2.05) is 11.3 Å². The van der Waals surface area contributed by atoms with Gasteiger partial charge in [-0.25, -0.2) is 0 Å². The van der Waals surface area contributed by atoms with Crippen LogP contribution in [0.5, 0.6) is 0 Å². The average Bonchev–Trinajstić information content (AvgIpc) is 2.94. The highest BCUT2D eigenvalue weighted by Crippen LogP contribution is 2.63. The van der Waals surface area contributed by atoms with Crippen molar-refractivity contribution >= 4 is 11.3 Å². The van der Waals surface area contributed by atoms with Crippen LogP contribution in [0.2, 0.25) is 0 Å². The summed E-state index contributed by atoms with van der Waals surface area (Å²) in [6.45, 7) is 7.98. The Balaban J connectivity index is 1.75. The van der Waals surface area contributed by atoms with E-state index in [2.05, 4.69) is 43.6 Å². The third-order valence-electron chi connectivity index (χ3n) is 5.09. The van der Waals surface area contributed by atoms with Crippen molar-refractivity contribution in [2.24, 2.45) is 5.41 Å². The minimum absolute atomic E-state index is 0.225. The predicted octanol–water partition coefficient (Wildman–Crippen LogP) is 4.73. The summed E-state index contributed by atoms with van der Waals surface area (Å²) < 4.78 is 0. The minimum Gasteiger partial charge on any atom is -0.311 e. The molecule has 1 spiro atoms. The predicted molar refractivity (Wildman–Crippen MR) is 83.9 cm³/mol. The van der Waals surface area contributed by atoms with E-state index in [0.29, 0.717) is 10.8 Å². The molecular formula is C17H27NS. The van der Waals surface area contributed by atoms with Crippen molar-refractivity contribution in [3.8, 4) is 0 Å². The fourth-order valence-electron chi connectivity index (χ4n) is 4.26. The average molecular weight is 277 g/mol. The van der Waals surface area contributed by atoms with Crippen molar-refractivity contribution in [1.82, 2.24) is 5.32 Å². The molecule has 19 heavy (non-hydrogen) atoms. The van der Waals surface area contributed by atoms with Crippen molar-refractivity contribution in [2.75, 3.05) is 6.54 Å². The van der Waals surface area contributed by atoms with Gasteiger partial charge in [-0.1, -0.05) is 18.9 Å². The van der Waals surface area contributed by atoms with Crippen LogP contribution in [0.15, 0.2) is 17.5 Å². The van der Waals surface area contributed by atoms with E-state index in [9.17, 15) is 0 Å². The zero-order valence-corrected chi connectivity index (χ0v) is 13.4. The standard InChI is InChI=1S/C17H27NS/c1-15(2,3)18-13-17(14-7-6-10-19-14)11-16(12-17)8-4-5-9-16/h6-7,10,18H,4-5,8-9,11-13H2,1-3H3. The monoisotopic (exact) mass is 277 g/mol. The van der Waals surface area contributed by atoms with Crippen molar-refractivity contribution in [1.29, 1.82) is 0 Å². The summed E-state index contributed by atoms with van der Waals surface area (Å²) in [4.78, 5) is 1.61. The molecule has 2 aliphatic carbocycles. The summed E-state index contributed by atoms with van der Waals surface area (Å²) in [5.41, 5.74) is 1.37. The first-order valence-corrected chi connectivity index (χ1v) is 8.60. The van der Waals surface area contributed by atoms with Gasteiger partial charge in [0.2, 0.25) is 0 Å². The van der Waals surface area contributed by atoms with E-state index >= 15 is 0 Å². The Labute approximate surface area is 121 Å². The Bertz CT molecular complexity index is 413. The van der Waals surface area contributed by atoms with Crippen LogP contribution >= 0.6 is 11.3 Å². The summed E-state index contributed by atoms with van der Waals surface area (Å²) in [7, 11) is 0. The molecule has 1 heterocycles. The van der Waals surface area contributed by atoms with Crippen LogP contribution in [-0.2, 0) is 5.41 Å². The van der Waals surface area contributed by atoms with Crippen LogP contribution in [0, 0.1) is 5.41 Å². The molecule has 106 valence electrons. The number of rotatable bonds is 3. The lowest BCUT2D eigenvalue weighted by Gasteiger charge is -2.56. The molecule has 0 aliphatic heterocycles. The van der Waals surface area contributed by atoms with E-state index in [-0.39, 0.29) is 5.54 Å². The smallest absolute Gasteiger partial charge is 0.0182 e. The summed E-state index contributed by atoms with van der Waals surface area (Å²) >= 11 is 1.96. The third-order valence-corrected chi connectivity index (χ3v) is 6.21. The second-order valence-electron chi connectivity index (χ2n) is 7.92. The molecule has 2 saturated carbocycles. The van der Waals surface area contributed by atoms with E-state index in [0.717, 1.165) is 6.54 Å². The highest BCUT2D eigenvalue weighted by Gasteiger charge is 2.56. The van der Waals surface area contributed by atoms with Gasteiger partial charge in [-0.05, 0) is 63.3 Å². The van der Waals surface area contributed by atoms with Gasteiger partial charge >= 0.3 is 0 Å². The maximum absolute atomic E-state index is 3.77. The van der Waals surface area contributed by atoms with Crippen LogP contribution in [-0.4, -0.2) is 12.1 Å². The summed E-state index contributed by atoms with van der Waals surface area (Å²) in [5, 5.41) is 6.01. The quantitative estimate of drug-likeness (QED) is 0.842. The molecule has 0 amide bonds. The largest absolute Gasteiger partial charge is 0.311 e. The van der Waals surface area contributed by atoms with E-state index < -0.39 is 0 Å². The molecular weight excluding hydrogens is 250 g/mol. The molecule has 3 rings (SSSR count). The second-order valence-corrected chi connectivity index (χ2v) is 8.87. The summed E-state index contributed by atoms with van der Waals surface area (Å²) in [5.74, 6) is 0. The van der Waals surface area contributed by atoms with Gasteiger partial charge in [0.1, 0.15) is 0 Å². The van der Waals surface area contributed by atoms with Gasteiger partial charge in [-0.15, -0.1) is 11.3 Å². The van der Waals surface area contributed by atoms with Crippen molar-refractivity contribution in [3.05, 3.63) is 22.4 Å². The fraction of sp³-hybridized carbons (Fsp3) is 0.765. The molecule has 0 saturated heterocycles. The lowest BCUT2D eigenvalue weighted by Crippen LogP contribution is -2.56. The van der Waals surface area contributed by atoms with Gasteiger partial charge in [0.05, 0.1) is 0 Å². The van der Waals surface area contributed by atoms with Gasteiger partial charge in [-0.2, -0.15) is 0 Å². The molecule has 1 N–H and O–H groups in total. The van der Waals surface area contributed by atoms with Crippen molar-refractivity contribution in [2.45, 2.75) is 70.3 Å². The molecule has 0 radical (unpaired) electrons. The SMILES string of the molecule is CC(C)(C)NCC1(c2cccs2)CC2(CCCC2)C1. The Kier molecular flexibility index (Phi) is 3.30. The topological polar surface area (TPSA) is 12.0 Å². The second kappa shape index (κ2) is 4.60.